The Morgan fingerprint density at radius 1 is 0.864 bits per heavy atom. The summed E-state index contributed by atoms with van der Waals surface area (Å²) in [7, 11) is 1.63. The predicted molar refractivity (Wildman–Crippen MR) is 172 cm³/mol. The van der Waals surface area contributed by atoms with Crippen LogP contribution in [0.15, 0.2) is 114 Å². The molecule has 2 N–H and O–H groups in total. The average Bonchev–Trinajstić information content (AvgIpc) is 3.46. The van der Waals surface area contributed by atoms with Crippen molar-refractivity contribution in [2.75, 3.05) is 26.9 Å². The molecule has 0 aromatic heterocycles. The first-order chi connectivity index (χ1) is 21.6. The maximum atomic E-state index is 14.4. The van der Waals surface area contributed by atoms with E-state index in [0.717, 1.165) is 36.0 Å². The van der Waals surface area contributed by atoms with Gasteiger partial charge in [0.05, 0.1) is 13.7 Å². The van der Waals surface area contributed by atoms with E-state index < -0.39 is 11.6 Å². The van der Waals surface area contributed by atoms with Crippen molar-refractivity contribution in [1.29, 1.82) is 0 Å². The van der Waals surface area contributed by atoms with Crippen LogP contribution < -0.4 is 14.8 Å². The Hall–Kier alpha value is -4.62. The molecule has 0 radical (unpaired) electrons. The summed E-state index contributed by atoms with van der Waals surface area (Å²) in [4.78, 5) is 19.5. The van der Waals surface area contributed by atoms with E-state index in [-0.39, 0.29) is 12.5 Å². The van der Waals surface area contributed by atoms with Gasteiger partial charge in [-0.1, -0.05) is 72.8 Å². The summed E-state index contributed by atoms with van der Waals surface area (Å²) >= 11 is 0. The van der Waals surface area contributed by atoms with E-state index in [4.69, 9.17) is 24.3 Å². The van der Waals surface area contributed by atoms with Crippen molar-refractivity contribution in [1.82, 2.24) is 5.32 Å². The highest BCUT2D eigenvalue weighted by molar-refractivity contribution is 6.01. The molecule has 2 atom stereocenters. The molecule has 4 aromatic rings. The zero-order valence-corrected chi connectivity index (χ0v) is 25.2. The minimum Gasteiger partial charge on any atom is -0.497 e. The molecule has 1 aliphatic heterocycles. The first kappa shape index (κ1) is 30.8. The van der Waals surface area contributed by atoms with Gasteiger partial charge in [-0.15, -0.1) is 0 Å². The Morgan fingerprint density at radius 2 is 1.59 bits per heavy atom. The van der Waals surface area contributed by atoms with E-state index in [1.807, 2.05) is 84.9 Å². The Kier molecular flexibility index (Phi) is 10.7. The second-order valence-electron chi connectivity index (χ2n) is 10.9. The molecule has 0 bridgehead atoms. The number of rotatable bonds is 15. The molecule has 1 heterocycles. The lowest BCUT2D eigenvalue weighted by molar-refractivity contribution is -0.128. The second kappa shape index (κ2) is 15.2. The van der Waals surface area contributed by atoms with Crippen molar-refractivity contribution in [2.24, 2.45) is 4.99 Å². The van der Waals surface area contributed by atoms with Crippen LogP contribution in [0.3, 0.4) is 0 Å². The maximum absolute atomic E-state index is 14.4. The molecular weight excluding hydrogens is 552 g/mol. The number of aliphatic imine (C=N–C) groups is 1. The van der Waals surface area contributed by atoms with Crippen molar-refractivity contribution < 1.29 is 24.1 Å². The van der Waals surface area contributed by atoms with Crippen molar-refractivity contribution in [2.45, 2.75) is 43.7 Å². The summed E-state index contributed by atoms with van der Waals surface area (Å²) in [6.45, 7) is 1.04. The first-order valence-electron chi connectivity index (χ1n) is 15.2. The maximum Gasteiger partial charge on any atom is 0.252 e. The second-order valence-corrected chi connectivity index (χ2v) is 10.9. The number of nitrogens with one attached hydrogen (secondary N) is 1. The number of amides is 1. The molecule has 0 saturated carbocycles. The Bertz CT molecular complexity index is 1510. The van der Waals surface area contributed by atoms with Crippen molar-refractivity contribution in [3.63, 3.8) is 0 Å². The molecule has 0 fully saturated rings. The Balaban J connectivity index is 1.44. The molecule has 0 saturated heterocycles. The topological polar surface area (TPSA) is 89.4 Å². The third-order valence-corrected chi connectivity index (χ3v) is 7.76. The van der Waals surface area contributed by atoms with E-state index in [1.54, 1.807) is 7.11 Å². The number of aliphatic hydroxyl groups is 1. The van der Waals surface area contributed by atoms with Crippen molar-refractivity contribution in [3.05, 3.63) is 131 Å². The fraction of sp³-hybridized carbons (Fsp3) is 0.297. The lowest BCUT2D eigenvalue weighted by Crippen LogP contribution is -2.50. The van der Waals surface area contributed by atoms with Crippen molar-refractivity contribution in [3.8, 4) is 11.5 Å². The molecule has 1 aliphatic rings. The van der Waals surface area contributed by atoms with Crippen LogP contribution in [0.4, 0.5) is 0 Å². The predicted octanol–water partition coefficient (Wildman–Crippen LogP) is 6.10. The van der Waals surface area contributed by atoms with Gasteiger partial charge in [0.25, 0.3) is 5.91 Å². The first-order valence-corrected chi connectivity index (χ1v) is 15.2. The molecule has 7 nitrogen and oxygen atoms in total. The van der Waals surface area contributed by atoms with E-state index in [2.05, 4.69) is 29.6 Å². The van der Waals surface area contributed by atoms with Gasteiger partial charge in [0.1, 0.15) is 11.5 Å². The zero-order chi connectivity index (χ0) is 30.6. The smallest absolute Gasteiger partial charge is 0.252 e. The van der Waals surface area contributed by atoms with Crippen molar-refractivity contribution >= 4 is 11.8 Å². The Morgan fingerprint density at radius 3 is 2.30 bits per heavy atom. The highest BCUT2D eigenvalue weighted by Gasteiger charge is 2.53. The number of ether oxygens (including phenoxy) is 3. The largest absolute Gasteiger partial charge is 0.497 e. The standard InChI is InChI=1S/C37H40N2O5/c1-42-33-18-10-17-31(26-33)34-37(27-29-15-6-3-7-16-29,36(41)38-23-9-8-14-28-12-4-2-5-13-28)39-35(44-34)30-19-21-32(22-20-30)43-25-11-24-40/h2-7,10,12-13,15-22,26,34,40H,8-9,11,14,23-25,27H2,1H3,(H,38,41)/t34-,37-/m1/s1. The van der Waals surface area contributed by atoms with Gasteiger partial charge in [-0.05, 0) is 72.4 Å². The molecule has 4 aromatic carbocycles. The number of aliphatic hydroxyl groups excluding tert-OH is 1. The number of hydrogen-bond donors (Lipinski definition) is 2. The van der Waals surface area contributed by atoms with Crippen LogP contribution in [0.2, 0.25) is 0 Å². The Labute approximate surface area is 259 Å². The molecule has 228 valence electrons. The van der Waals surface area contributed by atoms with Gasteiger partial charge in [0.2, 0.25) is 5.90 Å². The summed E-state index contributed by atoms with van der Waals surface area (Å²) in [6, 6.07) is 35.5. The fourth-order valence-corrected chi connectivity index (χ4v) is 5.45. The van der Waals surface area contributed by atoms with Crippen LogP contribution in [0.1, 0.15) is 47.6 Å². The minimum absolute atomic E-state index is 0.0764. The number of nitrogens with zero attached hydrogens (tertiary/aromatic N) is 1. The lowest BCUT2D eigenvalue weighted by atomic mass is 9.82. The van der Waals surface area contributed by atoms with Crippen LogP contribution in [0.5, 0.6) is 11.5 Å². The third-order valence-electron chi connectivity index (χ3n) is 7.76. The number of hydrogen-bond acceptors (Lipinski definition) is 6. The van der Waals surface area contributed by atoms with E-state index in [0.29, 0.717) is 43.4 Å². The summed E-state index contributed by atoms with van der Waals surface area (Å²) in [5, 5.41) is 12.3. The monoisotopic (exact) mass is 592 g/mol. The third kappa shape index (κ3) is 7.66. The normalized spacial score (nSPS) is 17.4. The summed E-state index contributed by atoms with van der Waals surface area (Å²) in [5.74, 6) is 1.59. The number of carbonyl (C=O) groups is 1. The lowest BCUT2D eigenvalue weighted by Gasteiger charge is -2.31. The highest BCUT2D eigenvalue weighted by atomic mass is 16.5. The SMILES string of the molecule is COc1cccc([C@H]2OC(c3ccc(OCCCO)cc3)=N[C@@]2(Cc2ccccc2)C(=O)NCCCCc2ccccc2)c1. The average molecular weight is 593 g/mol. The van der Waals surface area contributed by atoms with Crippen LogP contribution in [0, 0.1) is 0 Å². The van der Waals surface area contributed by atoms with Crippen LogP contribution in [-0.4, -0.2) is 49.3 Å². The molecule has 1 amide bonds. The summed E-state index contributed by atoms with van der Waals surface area (Å²) < 4.78 is 17.9. The van der Waals surface area contributed by atoms with Gasteiger partial charge >= 0.3 is 0 Å². The molecule has 7 heteroatoms. The van der Waals surface area contributed by atoms with Gasteiger partial charge < -0.3 is 24.6 Å². The minimum atomic E-state index is -1.25. The van der Waals surface area contributed by atoms with Gasteiger partial charge in [0, 0.05) is 31.6 Å². The van der Waals surface area contributed by atoms with Gasteiger partial charge in [-0.25, -0.2) is 4.99 Å². The van der Waals surface area contributed by atoms with E-state index >= 15 is 0 Å². The quantitative estimate of drug-likeness (QED) is 0.163. The highest BCUT2D eigenvalue weighted by Crippen LogP contribution is 2.43. The summed E-state index contributed by atoms with van der Waals surface area (Å²) in [5.41, 5.74) is 2.58. The van der Waals surface area contributed by atoms with Gasteiger partial charge in [-0.2, -0.15) is 0 Å². The molecule has 0 spiro atoms. The molecule has 44 heavy (non-hydrogen) atoms. The van der Waals surface area contributed by atoms with Crippen LogP contribution >= 0.6 is 0 Å². The molecular formula is C37H40N2O5. The summed E-state index contributed by atoms with van der Waals surface area (Å²) in [6.07, 6.45) is 3.01. The van der Waals surface area contributed by atoms with Gasteiger partial charge in [0.15, 0.2) is 11.6 Å². The number of aryl methyl sites for hydroxylation is 1. The zero-order valence-electron chi connectivity index (χ0n) is 25.2. The van der Waals surface area contributed by atoms with Crippen LogP contribution in [0.25, 0.3) is 0 Å². The molecule has 0 aliphatic carbocycles. The molecule has 0 unspecified atom stereocenters. The number of unbranched alkanes of at least 4 members (excludes halogenated alkanes) is 1. The number of carbonyl (C=O) groups excluding carboxylic acids is 1. The number of methoxy groups -OCH3 is 1. The van der Waals surface area contributed by atoms with E-state index in [9.17, 15) is 4.79 Å². The molecule has 5 rings (SSSR count). The van der Waals surface area contributed by atoms with Gasteiger partial charge in [-0.3, -0.25) is 4.79 Å². The number of benzene rings is 4. The van der Waals surface area contributed by atoms with Crippen LogP contribution in [-0.2, 0) is 22.4 Å². The fourth-order valence-electron chi connectivity index (χ4n) is 5.45. The van der Waals surface area contributed by atoms with E-state index in [1.165, 1.54) is 5.56 Å².